The van der Waals surface area contributed by atoms with E-state index in [1.165, 1.54) is 5.56 Å². The third-order valence-electron chi connectivity index (χ3n) is 1.66. The first-order chi connectivity index (χ1) is 5.24. The van der Waals surface area contributed by atoms with Gasteiger partial charge in [-0.3, -0.25) is 4.98 Å². The van der Waals surface area contributed by atoms with Crippen molar-refractivity contribution in [3.8, 4) is 0 Å². The molecule has 1 aromatic rings. The molecule has 0 bridgehead atoms. The summed E-state index contributed by atoms with van der Waals surface area (Å²) >= 11 is 0. The van der Waals surface area contributed by atoms with Crippen LogP contribution in [0.2, 0.25) is 0 Å². The number of aromatic nitrogens is 1. The predicted molar refractivity (Wildman–Crippen MR) is 44.4 cm³/mol. The number of rotatable bonds is 2. The number of aryl methyl sites for hydroxylation is 2. The van der Waals surface area contributed by atoms with Crippen LogP contribution in [0, 0.1) is 13.8 Å². The molecule has 0 saturated carbocycles. The SMILES string of the molecule is COCc1cnc(C)cc1C. The molecule has 0 amide bonds. The first-order valence-electron chi connectivity index (χ1n) is 3.65. The molecule has 11 heavy (non-hydrogen) atoms. The highest BCUT2D eigenvalue weighted by atomic mass is 16.5. The van der Waals surface area contributed by atoms with Crippen LogP contribution in [0.4, 0.5) is 0 Å². The smallest absolute Gasteiger partial charge is 0.0730 e. The number of pyridine rings is 1. The number of ether oxygens (including phenoxy) is 1. The summed E-state index contributed by atoms with van der Waals surface area (Å²) in [6.45, 7) is 4.71. The first kappa shape index (κ1) is 8.21. The summed E-state index contributed by atoms with van der Waals surface area (Å²) in [5.41, 5.74) is 3.47. The molecule has 0 N–H and O–H groups in total. The van der Waals surface area contributed by atoms with Crippen molar-refractivity contribution in [2.24, 2.45) is 0 Å². The Balaban J connectivity index is 2.90. The van der Waals surface area contributed by atoms with Crippen LogP contribution in [0.5, 0.6) is 0 Å². The van der Waals surface area contributed by atoms with Crippen molar-refractivity contribution in [1.29, 1.82) is 0 Å². The number of hydrogen-bond acceptors (Lipinski definition) is 2. The zero-order chi connectivity index (χ0) is 8.27. The van der Waals surface area contributed by atoms with Gasteiger partial charge in [0.05, 0.1) is 6.61 Å². The van der Waals surface area contributed by atoms with E-state index in [4.69, 9.17) is 4.74 Å². The molecule has 1 heterocycles. The lowest BCUT2D eigenvalue weighted by atomic mass is 10.1. The van der Waals surface area contributed by atoms with Gasteiger partial charge in [-0.1, -0.05) is 0 Å². The lowest BCUT2D eigenvalue weighted by molar-refractivity contribution is 0.184. The van der Waals surface area contributed by atoms with E-state index in [1.54, 1.807) is 7.11 Å². The molecule has 0 unspecified atom stereocenters. The summed E-state index contributed by atoms with van der Waals surface area (Å²) in [4.78, 5) is 4.18. The highest BCUT2D eigenvalue weighted by Crippen LogP contribution is 2.07. The van der Waals surface area contributed by atoms with E-state index in [0.29, 0.717) is 6.61 Å². The van der Waals surface area contributed by atoms with Gasteiger partial charge < -0.3 is 4.74 Å². The van der Waals surface area contributed by atoms with Crippen molar-refractivity contribution < 1.29 is 4.74 Å². The van der Waals surface area contributed by atoms with Gasteiger partial charge in [-0.05, 0) is 31.0 Å². The first-order valence-corrected chi connectivity index (χ1v) is 3.65. The van der Waals surface area contributed by atoms with Gasteiger partial charge in [-0.25, -0.2) is 0 Å². The molecule has 0 radical (unpaired) electrons. The zero-order valence-corrected chi connectivity index (χ0v) is 7.22. The average molecular weight is 151 g/mol. The fourth-order valence-electron chi connectivity index (χ4n) is 1.03. The molecular weight excluding hydrogens is 138 g/mol. The van der Waals surface area contributed by atoms with Crippen LogP contribution in [0.1, 0.15) is 16.8 Å². The summed E-state index contributed by atoms with van der Waals surface area (Å²) in [6.07, 6.45) is 1.87. The second kappa shape index (κ2) is 3.49. The number of nitrogens with zero attached hydrogens (tertiary/aromatic N) is 1. The van der Waals surface area contributed by atoms with Gasteiger partial charge in [-0.2, -0.15) is 0 Å². The van der Waals surface area contributed by atoms with Crippen LogP contribution < -0.4 is 0 Å². The Kier molecular flexibility index (Phi) is 2.60. The van der Waals surface area contributed by atoms with E-state index in [2.05, 4.69) is 18.0 Å². The lowest BCUT2D eigenvalue weighted by Crippen LogP contribution is -1.94. The summed E-state index contributed by atoms with van der Waals surface area (Å²) in [5, 5.41) is 0. The molecule has 0 aliphatic rings. The Morgan fingerprint density at radius 1 is 1.45 bits per heavy atom. The highest BCUT2D eigenvalue weighted by Gasteiger charge is 1.97. The minimum atomic E-state index is 0.652. The monoisotopic (exact) mass is 151 g/mol. The third kappa shape index (κ3) is 2.02. The fraction of sp³-hybridized carbons (Fsp3) is 0.444. The van der Waals surface area contributed by atoms with Crippen molar-refractivity contribution in [2.45, 2.75) is 20.5 Å². The van der Waals surface area contributed by atoms with Crippen LogP contribution in [0.15, 0.2) is 12.3 Å². The lowest BCUT2D eigenvalue weighted by Gasteiger charge is -2.03. The molecule has 0 saturated heterocycles. The van der Waals surface area contributed by atoms with Gasteiger partial charge in [0.25, 0.3) is 0 Å². The molecule has 60 valence electrons. The Hall–Kier alpha value is -0.890. The molecule has 1 rings (SSSR count). The van der Waals surface area contributed by atoms with E-state index < -0.39 is 0 Å². The molecule has 0 aromatic carbocycles. The normalized spacial score (nSPS) is 10.1. The molecule has 0 aliphatic heterocycles. The largest absolute Gasteiger partial charge is 0.380 e. The fourth-order valence-corrected chi connectivity index (χ4v) is 1.03. The van der Waals surface area contributed by atoms with E-state index in [-0.39, 0.29) is 0 Å². The predicted octanol–water partition coefficient (Wildman–Crippen LogP) is 1.84. The minimum absolute atomic E-state index is 0.652. The highest BCUT2D eigenvalue weighted by molar-refractivity contribution is 5.23. The van der Waals surface area contributed by atoms with Crippen LogP contribution in [0.3, 0.4) is 0 Å². The molecule has 0 spiro atoms. The average Bonchev–Trinajstić information content (AvgIpc) is 1.95. The zero-order valence-electron chi connectivity index (χ0n) is 7.22. The number of methoxy groups -OCH3 is 1. The van der Waals surface area contributed by atoms with Gasteiger partial charge in [0.1, 0.15) is 0 Å². The second-order valence-electron chi connectivity index (χ2n) is 2.69. The van der Waals surface area contributed by atoms with Crippen molar-refractivity contribution >= 4 is 0 Å². The van der Waals surface area contributed by atoms with Gasteiger partial charge in [0, 0.05) is 19.0 Å². The molecule has 0 atom stereocenters. The minimum Gasteiger partial charge on any atom is -0.380 e. The molecule has 2 heteroatoms. The van der Waals surface area contributed by atoms with E-state index >= 15 is 0 Å². The van der Waals surface area contributed by atoms with Crippen molar-refractivity contribution in [3.63, 3.8) is 0 Å². The Labute approximate surface area is 67.2 Å². The van der Waals surface area contributed by atoms with Gasteiger partial charge in [0.2, 0.25) is 0 Å². The molecule has 1 aromatic heterocycles. The Morgan fingerprint density at radius 2 is 2.18 bits per heavy atom. The van der Waals surface area contributed by atoms with Gasteiger partial charge in [-0.15, -0.1) is 0 Å². The molecule has 2 nitrogen and oxygen atoms in total. The third-order valence-corrected chi connectivity index (χ3v) is 1.66. The van der Waals surface area contributed by atoms with E-state index in [1.807, 2.05) is 13.1 Å². The van der Waals surface area contributed by atoms with Crippen LogP contribution in [-0.4, -0.2) is 12.1 Å². The molecular formula is C9H13NO. The quantitative estimate of drug-likeness (QED) is 0.643. The van der Waals surface area contributed by atoms with Crippen molar-refractivity contribution in [1.82, 2.24) is 4.98 Å². The van der Waals surface area contributed by atoms with Crippen LogP contribution >= 0.6 is 0 Å². The summed E-state index contributed by atoms with van der Waals surface area (Å²) in [5.74, 6) is 0. The summed E-state index contributed by atoms with van der Waals surface area (Å²) < 4.78 is 5.01. The Morgan fingerprint density at radius 3 is 2.73 bits per heavy atom. The van der Waals surface area contributed by atoms with Gasteiger partial charge >= 0.3 is 0 Å². The van der Waals surface area contributed by atoms with Crippen LogP contribution in [-0.2, 0) is 11.3 Å². The maximum Gasteiger partial charge on any atom is 0.0730 e. The molecule has 0 fully saturated rings. The van der Waals surface area contributed by atoms with Crippen LogP contribution in [0.25, 0.3) is 0 Å². The van der Waals surface area contributed by atoms with E-state index in [0.717, 1.165) is 11.3 Å². The maximum atomic E-state index is 5.01. The standard InChI is InChI=1S/C9H13NO/c1-7-4-8(2)10-5-9(7)6-11-3/h4-5H,6H2,1-3H3. The maximum absolute atomic E-state index is 5.01. The van der Waals surface area contributed by atoms with Crippen molar-refractivity contribution in [3.05, 3.63) is 29.1 Å². The van der Waals surface area contributed by atoms with E-state index in [9.17, 15) is 0 Å². The number of hydrogen-bond donors (Lipinski definition) is 0. The van der Waals surface area contributed by atoms with Crippen molar-refractivity contribution in [2.75, 3.05) is 7.11 Å². The molecule has 0 aliphatic carbocycles. The summed E-state index contributed by atoms with van der Waals surface area (Å²) in [7, 11) is 1.69. The topological polar surface area (TPSA) is 22.1 Å². The van der Waals surface area contributed by atoms with Gasteiger partial charge in [0.15, 0.2) is 0 Å². The Bertz CT molecular complexity index is 245. The second-order valence-corrected chi connectivity index (χ2v) is 2.69. The summed E-state index contributed by atoms with van der Waals surface area (Å²) in [6, 6.07) is 2.06.